The number of carbonyl (C=O) groups is 1. The first-order valence-electron chi connectivity index (χ1n) is 6.93. The first-order valence-corrected chi connectivity index (χ1v) is 7.75. The van der Waals surface area contributed by atoms with Crippen LogP contribution in [0.1, 0.15) is 26.4 Å². The summed E-state index contributed by atoms with van der Waals surface area (Å²) in [7, 11) is 1.58. The molecule has 5 nitrogen and oxygen atoms in total. The minimum atomic E-state index is -0.217. The van der Waals surface area contributed by atoms with Crippen LogP contribution in [0.2, 0.25) is 0 Å². The van der Waals surface area contributed by atoms with Crippen molar-refractivity contribution in [1.82, 2.24) is 5.32 Å². The molecule has 0 aliphatic carbocycles. The lowest BCUT2D eigenvalue weighted by atomic mass is 10.0. The van der Waals surface area contributed by atoms with Gasteiger partial charge < -0.3 is 15.4 Å². The summed E-state index contributed by atoms with van der Waals surface area (Å²) in [6, 6.07) is 9.11. The van der Waals surface area contributed by atoms with Crippen LogP contribution in [0.3, 0.4) is 0 Å². The Labute approximate surface area is 132 Å². The molecule has 0 unspecified atom stereocenters. The van der Waals surface area contributed by atoms with Crippen LogP contribution < -0.4 is 15.4 Å². The third-order valence-electron chi connectivity index (χ3n) is 3.62. The van der Waals surface area contributed by atoms with Gasteiger partial charge in [-0.1, -0.05) is 0 Å². The average molecular weight is 313 g/mol. The van der Waals surface area contributed by atoms with Crippen LogP contribution in [0.5, 0.6) is 5.75 Å². The third-order valence-corrected chi connectivity index (χ3v) is 4.77. The first-order chi connectivity index (χ1) is 10.7. The van der Waals surface area contributed by atoms with Crippen molar-refractivity contribution in [3.05, 3.63) is 45.8 Å². The largest absolute Gasteiger partial charge is 0.497 e. The van der Waals surface area contributed by atoms with Crippen molar-refractivity contribution in [3.8, 4) is 11.8 Å². The predicted molar refractivity (Wildman–Crippen MR) is 85.4 cm³/mol. The minimum Gasteiger partial charge on any atom is -0.497 e. The molecule has 1 aliphatic heterocycles. The van der Waals surface area contributed by atoms with Crippen LogP contribution in [0.25, 0.3) is 0 Å². The number of amides is 1. The van der Waals surface area contributed by atoms with Crippen molar-refractivity contribution < 1.29 is 9.53 Å². The van der Waals surface area contributed by atoms with Gasteiger partial charge in [0.15, 0.2) is 0 Å². The second-order valence-corrected chi connectivity index (χ2v) is 6.03. The summed E-state index contributed by atoms with van der Waals surface area (Å²) in [5, 5.41) is 16.2. The molecular formula is C16H15N3O2S. The smallest absolute Gasteiger partial charge is 0.256 e. The topological polar surface area (TPSA) is 74.1 Å². The number of hydrogen-bond acceptors (Lipinski definition) is 5. The maximum atomic E-state index is 12.3. The highest BCUT2D eigenvalue weighted by molar-refractivity contribution is 7.16. The van der Waals surface area contributed by atoms with E-state index in [1.165, 1.54) is 11.3 Å². The Morgan fingerprint density at radius 3 is 2.86 bits per heavy atom. The lowest BCUT2D eigenvalue weighted by Gasteiger charge is -2.11. The van der Waals surface area contributed by atoms with Crippen molar-refractivity contribution in [2.45, 2.75) is 13.0 Å². The van der Waals surface area contributed by atoms with Gasteiger partial charge in [0.25, 0.3) is 5.91 Å². The molecule has 2 aromatic rings. The van der Waals surface area contributed by atoms with Gasteiger partial charge >= 0.3 is 0 Å². The summed E-state index contributed by atoms with van der Waals surface area (Å²) in [6.45, 7) is 1.62. The van der Waals surface area contributed by atoms with E-state index in [2.05, 4.69) is 16.7 Å². The standard InChI is InChI=1S/C16H15N3O2S/c1-21-11-4-2-10(3-5-11)15(20)19-16-13(8-17)12-6-7-18-9-14(12)22-16/h2-5,18H,6-7,9H2,1H3,(H,19,20). The number of nitrogens with zero attached hydrogens (tertiary/aromatic N) is 1. The molecule has 2 heterocycles. The molecule has 2 N–H and O–H groups in total. The molecule has 3 rings (SSSR count). The molecule has 0 bridgehead atoms. The molecule has 22 heavy (non-hydrogen) atoms. The quantitative estimate of drug-likeness (QED) is 0.913. The van der Waals surface area contributed by atoms with E-state index in [4.69, 9.17) is 4.74 Å². The molecule has 0 saturated heterocycles. The first kappa shape index (κ1) is 14.6. The molecule has 0 saturated carbocycles. The maximum absolute atomic E-state index is 12.3. The number of methoxy groups -OCH3 is 1. The molecule has 6 heteroatoms. The van der Waals surface area contributed by atoms with Crippen molar-refractivity contribution in [1.29, 1.82) is 5.26 Å². The Hall–Kier alpha value is -2.36. The summed E-state index contributed by atoms with van der Waals surface area (Å²) >= 11 is 1.48. The van der Waals surface area contributed by atoms with E-state index < -0.39 is 0 Å². The van der Waals surface area contributed by atoms with Crippen LogP contribution in [0.4, 0.5) is 5.00 Å². The molecule has 0 fully saturated rings. The second-order valence-electron chi connectivity index (χ2n) is 4.93. The van der Waals surface area contributed by atoms with Crippen molar-refractivity contribution >= 4 is 22.2 Å². The zero-order valence-corrected chi connectivity index (χ0v) is 12.9. The highest BCUT2D eigenvalue weighted by Crippen LogP contribution is 2.35. The number of nitriles is 1. The number of anilines is 1. The number of carbonyl (C=O) groups excluding carboxylic acids is 1. The fourth-order valence-electron chi connectivity index (χ4n) is 2.46. The summed E-state index contributed by atoms with van der Waals surface area (Å²) < 4.78 is 5.08. The van der Waals surface area contributed by atoms with Gasteiger partial charge in [-0.2, -0.15) is 5.26 Å². The molecular weight excluding hydrogens is 298 g/mol. The molecule has 0 spiro atoms. The van der Waals surface area contributed by atoms with E-state index in [-0.39, 0.29) is 5.91 Å². The Kier molecular flexibility index (Phi) is 4.09. The molecule has 0 atom stereocenters. The van der Waals surface area contributed by atoms with E-state index in [1.54, 1.807) is 31.4 Å². The van der Waals surface area contributed by atoms with Crippen LogP contribution in [-0.2, 0) is 13.0 Å². The summed E-state index contributed by atoms with van der Waals surface area (Å²) in [5.74, 6) is 0.484. The van der Waals surface area contributed by atoms with Crippen molar-refractivity contribution in [2.24, 2.45) is 0 Å². The molecule has 1 aliphatic rings. The number of thiophene rings is 1. The van der Waals surface area contributed by atoms with Gasteiger partial charge in [0.1, 0.15) is 16.8 Å². The highest BCUT2D eigenvalue weighted by Gasteiger charge is 2.21. The fraction of sp³-hybridized carbons (Fsp3) is 0.250. The van der Waals surface area contributed by atoms with Crippen molar-refractivity contribution in [3.63, 3.8) is 0 Å². The molecule has 1 aromatic carbocycles. The Balaban J connectivity index is 1.84. The molecule has 112 valence electrons. The van der Waals surface area contributed by atoms with Crippen LogP contribution in [0, 0.1) is 11.3 Å². The Morgan fingerprint density at radius 2 is 2.18 bits per heavy atom. The van der Waals surface area contributed by atoms with Gasteiger partial charge in [-0.25, -0.2) is 0 Å². The lowest BCUT2D eigenvalue weighted by molar-refractivity contribution is 0.102. The van der Waals surface area contributed by atoms with Gasteiger partial charge in [-0.3, -0.25) is 4.79 Å². The van der Waals surface area contributed by atoms with Gasteiger partial charge in [0.2, 0.25) is 0 Å². The lowest BCUT2D eigenvalue weighted by Crippen LogP contribution is -2.22. The minimum absolute atomic E-state index is 0.217. The number of hydrogen-bond donors (Lipinski definition) is 2. The molecule has 1 aromatic heterocycles. The Bertz CT molecular complexity index is 744. The van der Waals surface area contributed by atoms with E-state index >= 15 is 0 Å². The van der Waals surface area contributed by atoms with Crippen LogP contribution >= 0.6 is 11.3 Å². The van der Waals surface area contributed by atoms with E-state index in [1.807, 2.05) is 0 Å². The van der Waals surface area contributed by atoms with Crippen LogP contribution in [0.15, 0.2) is 24.3 Å². The number of rotatable bonds is 3. The zero-order chi connectivity index (χ0) is 15.5. The summed E-state index contributed by atoms with van der Waals surface area (Å²) in [5.41, 5.74) is 2.20. The third kappa shape index (κ3) is 2.69. The SMILES string of the molecule is COc1ccc(C(=O)Nc2sc3c(c2C#N)CCNC3)cc1. The number of nitrogens with one attached hydrogen (secondary N) is 2. The van der Waals surface area contributed by atoms with Crippen LogP contribution in [-0.4, -0.2) is 19.6 Å². The average Bonchev–Trinajstić information content (AvgIpc) is 2.91. The number of fused-ring (bicyclic) bond motifs is 1. The maximum Gasteiger partial charge on any atom is 0.256 e. The van der Waals surface area contributed by atoms with Gasteiger partial charge in [0, 0.05) is 17.0 Å². The Morgan fingerprint density at radius 1 is 1.41 bits per heavy atom. The number of ether oxygens (including phenoxy) is 1. The molecule has 0 radical (unpaired) electrons. The number of benzene rings is 1. The zero-order valence-electron chi connectivity index (χ0n) is 12.1. The van der Waals surface area contributed by atoms with E-state index in [9.17, 15) is 10.1 Å². The predicted octanol–water partition coefficient (Wildman–Crippen LogP) is 2.53. The van der Waals surface area contributed by atoms with Crippen molar-refractivity contribution in [2.75, 3.05) is 19.0 Å². The summed E-state index contributed by atoms with van der Waals surface area (Å²) in [4.78, 5) is 13.5. The summed E-state index contributed by atoms with van der Waals surface area (Å²) in [6.07, 6.45) is 0.827. The monoisotopic (exact) mass is 313 g/mol. The molecule has 1 amide bonds. The van der Waals surface area contributed by atoms with Gasteiger partial charge in [0.05, 0.1) is 12.7 Å². The van der Waals surface area contributed by atoms with E-state index in [0.29, 0.717) is 21.9 Å². The van der Waals surface area contributed by atoms with E-state index in [0.717, 1.165) is 30.0 Å². The second kappa shape index (κ2) is 6.18. The van der Waals surface area contributed by atoms with Gasteiger partial charge in [-0.15, -0.1) is 11.3 Å². The fourth-order valence-corrected chi connectivity index (χ4v) is 3.62. The van der Waals surface area contributed by atoms with Gasteiger partial charge in [-0.05, 0) is 42.8 Å². The normalized spacial score (nSPS) is 13.1. The highest BCUT2D eigenvalue weighted by atomic mass is 32.1.